The van der Waals surface area contributed by atoms with Crippen molar-refractivity contribution in [2.75, 3.05) is 18.9 Å². The molecule has 8 nitrogen and oxygen atoms in total. The highest BCUT2D eigenvalue weighted by Crippen LogP contribution is 2.27. The molecule has 0 unspecified atom stereocenters. The van der Waals surface area contributed by atoms with Crippen molar-refractivity contribution in [3.8, 4) is 0 Å². The molecule has 20 heavy (non-hydrogen) atoms. The van der Waals surface area contributed by atoms with E-state index in [9.17, 15) is 9.59 Å². The van der Waals surface area contributed by atoms with Crippen molar-refractivity contribution in [2.24, 2.45) is 0 Å². The van der Waals surface area contributed by atoms with Crippen molar-refractivity contribution >= 4 is 12.0 Å². The molecule has 1 aliphatic rings. The average Bonchev–Trinajstić information content (AvgIpc) is 2.85. The Bertz CT molecular complexity index is 530. The zero-order chi connectivity index (χ0) is 14.5. The fraction of sp³-hybridized carbons (Fsp3) is 0.583. The van der Waals surface area contributed by atoms with Gasteiger partial charge < -0.3 is 19.9 Å². The normalized spacial score (nSPS) is 21.6. The van der Waals surface area contributed by atoms with Gasteiger partial charge in [0.1, 0.15) is 18.7 Å². The highest BCUT2D eigenvalue weighted by atomic mass is 16.7. The lowest BCUT2D eigenvalue weighted by Crippen LogP contribution is -2.28. The van der Waals surface area contributed by atoms with Gasteiger partial charge in [0.25, 0.3) is 0 Å². The first-order valence-electron chi connectivity index (χ1n) is 6.40. The SMILES string of the molecule is CCOC(=O)OC[C@@H]1CC[C@H](n2ccc(N)nc2=O)O1. The van der Waals surface area contributed by atoms with Crippen LogP contribution in [0.15, 0.2) is 17.1 Å². The minimum atomic E-state index is -0.717. The van der Waals surface area contributed by atoms with Gasteiger partial charge in [-0.15, -0.1) is 0 Å². The number of hydrogen-bond acceptors (Lipinski definition) is 7. The smallest absolute Gasteiger partial charge is 0.435 e. The quantitative estimate of drug-likeness (QED) is 0.810. The van der Waals surface area contributed by atoms with E-state index >= 15 is 0 Å². The van der Waals surface area contributed by atoms with Gasteiger partial charge in [-0.3, -0.25) is 4.57 Å². The van der Waals surface area contributed by atoms with Crippen LogP contribution >= 0.6 is 0 Å². The monoisotopic (exact) mass is 283 g/mol. The van der Waals surface area contributed by atoms with Gasteiger partial charge in [0.2, 0.25) is 0 Å². The molecule has 1 aliphatic heterocycles. The third-order valence-electron chi connectivity index (χ3n) is 2.90. The third-order valence-corrected chi connectivity index (χ3v) is 2.90. The van der Waals surface area contributed by atoms with Crippen LogP contribution in [0.25, 0.3) is 0 Å². The summed E-state index contributed by atoms with van der Waals surface area (Å²) in [7, 11) is 0. The zero-order valence-electron chi connectivity index (χ0n) is 11.2. The molecule has 2 N–H and O–H groups in total. The van der Waals surface area contributed by atoms with Crippen molar-refractivity contribution in [3.63, 3.8) is 0 Å². The summed E-state index contributed by atoms with van der Waals surface area (Å²) in [5, 5.41) is 0. The van der Waals surface area contributed by atoms with Gasteiger partial charge in [-0.25, -0.2) is 9.59 Å². The van der Waals surface area contributed by atoms with E-state index in [0.717, 1.165) is 0 Å². The van der Waals surface area contributed by atoms with Crippen LogP contribution in [0.3, 0.4) is 0 Å². The molecule has 2 atom stereocenters. The number of ether oxygens (including phenoxy) is 3. The molecule has 8 heteroatoms. The number of nitrogens with two attached hydrogens (primary N) is 1. The second-order valence-corrected chi connectivity index (χ2v) is 4.33. The summed E-state index contributed by atoms with van der Waals surface area (Å²) < 4.78 is 16.6. The zero-order valence-corrected chi connectivity index (χ0v) is 11.2. The summed E-state index contributed by atoms with van der Waals surface area (Å²) in [6, 6.07) is 1.53. The summed E-state index contributed by atoms with van der Waals surface area (Å²) in [5.74, 6) is 0.173. The summed E-state index contributed by atoms with van der Waals surface area (Å²) in [4.78, 5) is 26.4. The first-order chi connectivity index (χ1) is 9.60. The molecular formula is C12H17N3O5. The Morgan fingerprint density at radius 2 is 2.35 bits per heavy atom. The number of nitrogens with zero attached hydrogens (tertiary/aromatic N) is 2. The Balaban J connectivity index is 1.89. The predicted octanol–water partition coefficient (Wildman–Crippen LogP) is 0.676. The Hall–Kier alpha value is -2.09. The molecule has 1 aromatic rings. The fourth-order valence-electron chi connectivity index (χ4n) is 1.98. The van der Waals surface area contributed by atoms with Crippen molar-refractivity contribution < 1.29 is 19.0 Å². The largest absolute Gasteiger partial charge is 0.508 e. The maximum Gasteiger partial charge on any atom is 0.508 e. The lowest BCUT2D eigenvalue weighted by atomic mass is 10.2. The van der Waals surface area contributed by atoms with E-state index in [-0.39, 0.29) is 25.1 Å². The predicted molar refractivity (Wildman–Crippen MR) is 69.0 cm³/mol. The maximum atomic E-state index is 11.7. The van der Waals surface area contributed by atoms with Crippen LogP contribution in [0.5, 0.6) is 0 Å². The van der Waals surface area contributed by atoms with Crippen LogP contribution in [-0.2, 0) is 14.2 Å². The standard InChI is InChI=1S/C12H17N3O5/c1-2-18-12(17)19-7-8-3-4-10(20-8)15-6-5-9(13)14-11(15)16/h5-6,8,10H,2-4,7H2,1H3,(H2,13,14,16)/t8-,10+/m0/s1. The maximum absolute atomic E-state index is 11.7. The van der Waals surface area contributed by atoms with Crippen LogP contribution in [0, 0.1) is 0 Å². The molecule has 110 valence electrons. The number of anilines is 1. The summed E-state index contributed by atoms with van der Waals surface area (Å²) >= 11 is 0. The van der Waals surface area contributed by atoms with E-state index in [1.54, 1.807) is 13.1 Å². The highest BCUT2D eigenvalue weighted by Gasteiger charge is 2.28. The Morgan fingerprint density at radius 1 is 1.55 bits per heavy atom. The lowest BCUT2D eigenvalue weighted by molar-refractivity contribution is -0.0392. The van der Waals surface area contributed by atoms with Gasteiger partial charge in [0.15, 0.2) is 0 Å². The Labute approximate surface area is 115 Å². The third kappa shape index (κ3) is 3.47. The highest BCUT2D eigenvalue weighted by molar-refractivity contribution is 5.59. The van der Waals surface area contributed by atoms with Gasteiger partial charge in [-0.2, -0.15) is 4.98 Å². The molecule has 0 saturated carbocycles. The fourth-order valence-corrected chi connectivity index (χ4v) is 1.98. The molecule has 0 bridgehead atoms. The van der Waals surface area contributed by atoms with Crippen LogP contribution in [-0.4, -0.2) is 35.0 Å². The molecule has 1 saturated heterocycles. The number of carbonyl (C=O) groups excluding carboxylic acids is 1. The number of hydrogen-bond donors (Lipinski definition) is 1. The molecule has 0 aliphatic carbocycles. The molecule has 1 aromatic heterocycles. The van der Waals surface area contributed by atoms with Gasteiger partial charge in [-0.05, 0) is 25.8 Å². The molecular weight excluding hydrogens is 266 g/mol. The first kappa shape index (κ1) is 14.3. The Morgan fingerprint density at radius 3 is 3.05 bits per heavy atom. The molecule has 1 fully saturated rings. The summed E-state index contributed by atoms with van der Waals surface area (Å²) in [5.41, 5.74) is 4.97. The second-order valence-electron chi connectivity index (χ2n) is 4.33. The van der Waals surface area contributed by atoms with E-state index in [2.05, 4.69) is 9.72 Å². The van der Waals surface area contributed by atoms with Crippen molar-refractivity contribution in [1.82, 2.24) is 9.55 Å². The average molecular weight is 283 g/mol. The summed E-state index contributed by atoms with van der Waals surface area (Å²) in [6.07, 6.45) is 1.48. The second kappa shape index (κ2) is 6.38. The van der Waals surface area contributed by atoms with Crippen LogP contribution < -0.4 is 11.4 Å². The topological polar surface area (TPSA) is 106 Å². The number of rotatable bonds is 4. The van der Waals surface area contributed by atoms with Gasteiger partial charge in [0.05, 0.1) is 12.7 Å². The Kier molecular flexibility index (Phi) is 4.57. The number of carbonyl (C=O) groups is 1. The van der Waals surface area contributed by atoms with Gasteiger partial charge in [-0.1, -0.05) is 0 Å². The van der Waals surface area contributed by atoms with Crippen LogP contribution in [0.1, 0.15) is 26.0 Å². The first-order valence-corrected chi connectivity index (χ1v) is 6.40. The number of nitrogen functional groups attached to an aromatic ring is 1. The minimum absolute atomic E-state index is 0.104. The van der Waals surface area contributed by atoms with Crippen molar-refractivity contribution in [1.29, 1.82) is 0 Å². The van der Waals surface area contributed by atoms with Crippen molar-refractivity contribution in [3.05, 3.63) is 22.7 Å². The van der Waals surface area contributed by atoms with Crippen LogP contribution in [0.2, 0.25) is 0 Å². The lowest BCUT2D eigenvalue weighted by Gasteiger charge is -2.15. The summed E-state index contributed by atoms with van der Waals surface area (Å²) in [6.45, 7) is 2.07. The van der Waals surface area contributed by atoms with E-state index < -0.39 is 18.1 Å². The number of aromatic nitrogens is 2. The molecule has 2 heterocycles. The molecule has 0 amide bonds. The molecule has 2 rings (SSSR count). The van der Waals surface area contributed by atoms with E-state index in [1.807, 2.05) is 0 Å². The van der Waals surface area contributed by atoms with E-state index in [4.69, 9.17) is 15.2 Å². The van der Waals surface area contributed by atoms with E-state index in [0.29, 0.717) is 12.8 Å². The van der Waals surface area contributed by atoms with Gasteiger partial charge in [0, 0.05) is 6.20 Å². The van der Waals surface area contributed by atoms with E-state index in [1.165, 1.54) is 10.6 Å². The van der Waals surface area contributed by atoms with Crippen LogP contribution in [0.4, 0.5) is 10.6 Å². The van der Waals surface area contributed by atoms with Gasteiger partial charge >= 0.3 is 11.8 Å². The van der Waals surface area contributed by atoms with Crippen molar-refractivity contribution in [2.45, 2.75) is 32.1 Å². The molecule has 0 aromatic carbocycles. The molecule has 0 spiro atoms. The minimum Gasteiger partial charge on any atom is -0.435 e. The molecule has 0 radical (unpaired) electrons.